The fourth-order valence-electron chi connectivity index (χ4n) is 2.04. The van der Waals surface area contributed by atoms with E-state index in [4.69, 9.17) is 14.7 Å². The standard InChI is InChI=1S/C13H19BN2O3/c1-9-10(6-7-11(15)16(9)8-17)14-18-12(2,3)13(4,5)19-14/h6-8,15H,1-5H3. The van der Waals surface area contributed by atoms with Gasteiger partial charge in [0.25, 0.3) is 0 Å². The number of carbonyl (C=O) groups excluding carboxylic acids is 1. The molecule has 0 saturated carbocycles. The fourth-order valence-corrected chi connectivity index (χ4v) is 2.04. The van der Waals surface area contributed by atoms with Gasteiger partial charge in [0, 0.05) is 11.2 Å². The first kappa shape index (κ1) is 14.0. The van der Waals surface area contributed by atoms with Crippen LogP contribution in [0.5, 0.6) is 0 Å². The Kier molecular flexibility index (Phi) is 3.19. The van der Waals surface area contributed by atoms with Crippen molar-refractivity contribution in [2.75, 3.05) is 0 Å². The highest BCUT2D eigenvalue weighted by molar-refractivity contribution is 6.62. The quantitative estimate of drug-likeness (QED) is 0.627. The maximum Gasteiger partial charge on any atom is 0.496 e. The van der Waals surface area contributed by atoms with E-state index in [-0.39, 0.29) is 5.49 Å². The third-order valence-electron chi connectivity index (χ3n) is 4.07. The van der Waals surface area contributed by atoms with Gasteiger partial charge in [-0.2, -0.15) is 0 Å². The SMILES string of the molecule is Cc1c(B2OC(C)(C)C(C)(C)O2)ccc(=N)n1C=O. The Hall–Kier alpha value is -1.40. The van der Waals surface area contributed by atoms with Gasteiger partial charge < -0.3 is 9.31 Å². The third-order valence-corrected chi connectivity index (χ3v) is 4.07. The van der Waals surface area contributed by atoms with Gasteiger partial charge in [0.1, 0.15) is 5.49 Å². The molecule has 102 valence electrons. The van der Waals surface area contributed by atoms with Crippen molar-refractivity contribution in [1.82, 2.24) is 4.57 Å². The van der Waals surface area contributed by atoms with Crippen LogP contribution in [0.4, 0.5) is 0 Å². The van der Waals surface area contributed by atoms with Gasteiger partial charge in [-0.1, -0.05) is 6.07 Å². The van der Waals surface area contributed by atoms with Gasteiger partial charge in [-0.3, -0.25) is 14.8 Å². The molecule has 0 aliphatic carbocycles. The second kappa shape index (κ2) is 4.32. The van der Waals surface area contributed by atoms with E-state index < -0.39 is 18.3 Å². The van der Waals surface area contributed by atoms with Crippen LogP contribution in [-0.2, 0) is 14.1 Å². The van der Waals surface area contributed by atoms with Gasteiger partial charge in [-0.25, -0.2) is 0 Å². The first-order chi connectivity index (χ1) is 8.69. The molecule has 1 fully saturated rings. The van der Waals surface area contributed by atoms with Gasteiger partial charge in [-0.15, -0.1) is 0 Å². The molecule has 0 spiro atoms. The van der Waals surface area contributed by atoms with Crippen LogP contribution in [0.15, 0.2) is 12.1 Å². The molecule has 5 nitrogen and oxygen atoms in total. The molecular weight excluding hydrogens is 243 g/mol. The highest BCUT2D eigenvalue weighted by Gasteiger charge is 2.52. The van der Waals surface area contributed by atoms with E-state index in [1.165, 1.54) is 4.57 Å². The number of carbonyl (C=O) groups is 1. The zero-order valence-electron chi connectivity index (χ0n) is 12.0. The molecule has 0 amide bonds. The molecule has 0 bridgehead atoms. The zero-order valence-corrected chi connectivity index (χ0v) is 12.0. The highest BCUT2D eigenvalue weighted by Crippen LogP contribution is 2.36. The number of nitrogens with zero attached hydrogens (tertiary/aromatic N) is 1. The van der Waals surface area contributed by atoms with Gasteiger partial charge in [0.05, 0.1) is 11.2 Å². The van der Waals surface area contributed by atoms with Crippen LogP contribution in [0.25, 0.3) is 0 Å². The van der Waals surface area contributed by atoms with Gasteiger partial charge in [0.2, 0.25) is 6.41 Å². The Morgan fingerprint density at radius 3 is 2.21 bits per heavy atom. The number of hydrogen-bond acceptors (Lipinski definition) is 4. The first-order valence-corrected chi connectivity index (χ1v) is 6.27. The molecule has 0 radical (unpaired) electrons. The van der Waals surface area contributed by atoms with Crippen molar-refractivity contribution in [3.05, 3.63) is 23.3 Å². The van der Waals surface area contributed by atoms with Crippen molar-refractivity contribution in [3.63, 3.8) is 0 Å². The Morgan fingerprint density at radius 2 is 1.74 bits per heavy atom. The minimum Gasteiger partial charge on any atom is -0.399 e. The molecule has 2 rings (SSSR count). The summed E-state index contributed by atoms with van der Waals surface area (Å²) in [7, 11) is -0.517. The van der Waals surface area contributed by atoms with Crippen molar-refractivity contribution >= 4 is 19.0 Å². The number of aromatic nitrogens is 1. The van der Waals surface area contributed by atoms with Crippen LogP contribution < -0.4 is 11.0 Å². The molecule has 1 aromatic rings. The van der Waals surface area contributed by atoms with Crippen molar-refractivity contribution in [2.45, 2.75) is 45.8 Å². The summed E-state index contributed by atoms with van der Waals surface area (Å²) >= 11 is 0. The normalized spacial score (nSPS) is 20.6. The van der Waals surface area contributed by atoms with E-state index in [0.29, 0.717) is 12.1 Å². The van der Waals surface area contributed by atoms with Crippen LogP contribution in [0.3, 0.4) is 0 Å². The largest absolute Gasteiger partial charge is 0.496 e. The molecule has 0 unspecified atom stereocenters. The summed E-state index contributed by atoms with van der Waals surface area (Å²) in [4.78, 5) is 11.0. The number of hydrogen-bond donors (Lipinski definition) is 1. The van der Waals surface area contributed by atoms with Crippen molar-refractivity contribution in [2.24, 2.45) is 0 Å². The lowest BCUT2D eigenvalue weighted by molar-refractivity contribution is 0.00578. The van der Waals surface area contributed by atoms with Crippen molar-refractivity contribution in [3.8, 4) is 0 Å². The van der Waals surface area contributed by atoms with Gasteiger partial charge in [0.15, 0.2) is 0 Å². The van der Waals surface area contributed by atoms with E-state index in [1.807, 2.05) is 27.7 Å². The summed E-state index contributed by atoms with van der Waals surface area (Å²) in [6.45, 7) is 9.71. The predicted octanol–water partition coefficient (Wildman–Crippen LogP) is 0.613. The number of pyridine rings is 1. The third kappa shape index (κ3) is 2.15. The lowest BCUT2D eigenvalue weighted by Crippen LogP contribution is -2.41. The summed E-state index contributed by atoms with van der Waals surface area (Å²) < 4.78 is 13.2. The summed E-state index contributed by atoms with van der Waals surface area (Å²) in [5.41, 5.74) is 0.751. The lowest BCUT2D eigenvalue weighted by atomic mass is 9.78. The summed E-state index contributed by atoms with van der Waals surface area (Å²) in [6, 6.07) is 3.35. The molecular formula is C13H19BN2O3. The Balaban J connectivity index is 2.46. The van der Waals surface area contributed by atoms with E-state index >= 15 is 0 Å². The molecule has 1 aromatic heterocycles. The molecule has 0 atom stereocenters. The average molecular weight is 262 g/mol. The molecule has 1 aliphatic heterocycles. The number of nitrogens with one attached hydrogen (secondary N) is 1. The molecule has 2 heterocycles. The Bertz CT molecular complexity index is 562. The smallest absolute Gasteiger partial charge is 0.399 e. The summed E-state index contributed by atoms with van der Waals surface area (Å²) in [6.07, 6.45) is 0.631. The van der Waals surface area contributed by atoms with Crippen LogP contribution >= 0.6 is 0 Å². The minimum atomic E-state index is -0.517. The highest BCUT2D eigenvalue weighted by atomic mass is 16.7. The second-order valence-corrected chi connectivity index (χ2v) is 5.82. The zero-order chi connectivity index (χ0) is 14.4. The van der Waals surface area contributed by atoms with Gasteiger partial charge in [-0.05, 0) is 40.7 Å². The van der Waals surface area contributed by atoms with E-state index in [9.17, 15) is 4.79 Å². The van der Waals surface area contributed by atoms with Crippen molar-refractivity contribution in [1.29, 1.82) is 5.41 Å². The average Bonchev–Trinajstić information content (AvgIpc) is 2.48. The Morgan fingerprint density at radius 1 is 1.21 bits per heavy atom. The number of rotatable bonds is 2. The maximum absolute atomic E-state index is 11.0. The minimum absolute atomic E-state index is 0.146. The monoisotopic (exact) mass is 262 g/mol. The van der Waals surface area contributed by atoms with Crippen LogP contribution in [0, 0.1) is 12.3 Å². The van der Waals surface area contributed by atoms with Crippen LogP contribution in [0.2, 0.25) is 0 Å². The first-order valence-electron chi connectivity index (χ1n) is 6.27. The van der Waals surface area contributed by atoms with Crippen LogP contribution in [-0.4, -0.2) is 29.3 Å². The van der Waals surface area contributed by atoms with Crippen LogP contribution in [0.1, 0.15) is 33.4 Å². The molecule has 1 aliphatic rings. The van der Waals surface area contributed by atoms with Crippen molar-refractivity contribution < 1.29 is 14.1 Å². The Labute approximate surface area is 113 Å². The van der Waals surface area contributed by atoms with Gasteiger partial charge >= 0.3 is 7.12 Å². The topological polar surface area (TPSA) is 64.3 Å². The summed E-state index contributed by atoms with van der Waals surface area (Å²) in [5, 5.41) is 7.69. The molecule has 0 aromatic carbocycles. The summed E-state index contributed by atoms with van der Waals surface area (Å²) in [5.74, 6) is 0. The fraction of sp³-hybridized carbons (Fsp3) is 0.538. The second-order valence-electron chi connectivity index (χ2n) is 5.82. The van der Waals surface area contributed by atoms with E-state index in [2.05, 4.69) is 0 Å². The molecule has 6 heteroatoms. The maximum atomic E-state index is 11.0. The molecule has 1 N–H and O–H groups in total. The van der Waals surface area contributed by atoms with E-state index in [0.717, 1.165) is 5.46 Å². The van der Waals surface area contributed by atoms with E-state index in [1.54, 1.807) is 19.1 Å². The lowest BCUT2D eigenvalue weighted by Gasteiger charge is -2.32. The predicted molar refractivity (Wildman–Crippen MR) is 72.9 cm³/mol. The molecule has 1 saturated heterocycles. The molecule has 19 heavy (non-hydrogen) atoms.